The van der Waals surface area contributed by atoms with Crippen LogP contribution in [-0.2, 0) is 33.2 Å². The predicted octanol–water partition coefficient (Wildman–Crippen LogP) is 1.65. The number of hydrogen-bond donors (Lipinski definition) is 11. The van der Waals surface area contributed by atoms with Crippen LogP contribution in [0, 0.1) is 44.8 Å². The summed E-state index contributed by atoms with van der Waals surface area (Å²) in [5, 5.41) is 118. The molecule has 18 heteroatoms. The number of carbonyl (C=O) groups is 1. The number of hydrogen-bond acceptors (Lipinski definition) is 17. The number of aliphatic carboxylic acids is 1. The lowest BCUT2D eigenvalue weighted by Gasteiger charge is -2.62. The van der Waals surface area contributed by atoms with Gasteiger partial charge in [0.1, 0.15) is 73.2 Å². The maximum absolute atomic E-state index is 14.0. The molecule has 18 nitrogen and oxygen atoms in total. The van der Waals surface area contributed by atoms with Gasteiger partial charge in [-0.15, -0.1) is 0 Å². The van der Waals surface area contributed by atoms with Crippen LogP contribution in [-0.4, -0.2) is 180 Å². The standard InChI is InChI=1S/C50H82O18/c1-23(10-11-24(2)46(3,4)5)25-15-19-50(45(61)62)27-12-13-31-47(6,7)32(16-17-48(31,8)26(27)14-18-49(25,50)9)66-44-41(68-43-39(60)37(58)34(55)29(21-52)64-43)40(35(56)30(22-53)65-44)67-42-38(59)36(57)33(54)28(20-51)63-42/h23,25,28-44,51-60H,2,10-22H2,1,3-9H3,(H,61,62)/t23-,25-,28?,29?,30?,31?,32+,33?,34?,35?,36?,37?,38?,39?,40?,41?,42?,43?,44?,48-,49-,50+/m1/s1. The maximum atomic E-state index is 14.0. The van der Waals surface area contributed by atoms with Crippen molar-refractivity contribution in [1.82, 2.24) is 0 Å². The lowest BCUT2D eigenvalue weighted by molar-refractivity contribution is -0.399. The smallest absolute Gasteiger partial charge is 0.314 e. The van der Waals surface area contributed by atoms with Crippen molar-refractivity contribution in [3.63, 3.8) is 0 Å². The van der Waals surface area contributed by atoms with Gasteiger partial charge in [0.05, 0.1) is 31.3 Å². The van der Waals surface area contributed by atoms with Crippen molar-refractivity contribution in [1.29, 1.82) is 0 Å². The Kier molecular flexibility index (Phi) is 15.9. The number of allylic oxidation sites excluding steroid dienone is 2. The van der Waals surface area contributed by atoms with E-state index in [1.54, 1.807) is 0 Å². The third-order valence-corrected chi connectivity index (χ3v) is 18.6. The molecular formula is C50H82O18. The van der Waals surface area contributed by atoms with E-state index in [0.29, 0.717) is 38.0 Å². The van der Waals surface area contributed by atoms with Crippen LogP contribution < -0.4 is 0 Å². The molecule has 5 fully saturated rings. The maximum Gasteiger partial charge on any atom is 0.314 e. The molecule has 0 amide bonds. The summed E-state index contributed by atoms with van der Waals surface area (Å²) in [6, 6.07) is 0. The molecule has 16 unspecified atom stereocenters. The zero-order valence-electron chi connectivity index (χ0n) is 41.1. The molecule has 0 radical (unpaired) electrons. The third-order valence-electron chi connectivity index (χ3n) is 18.6. The zero-order chi connectivity index (χ0) is 50.2. The molecule has 0 aromatic rings. The van der Waals surface area contributed by atoms with Crippen molar-refractivity contribution < 1.29 is 89.4 Å². The highest BCUT2D eigenvalue weighted by Crippen LogP contribution is 2.73. The highest BCUT2D eigenvalue weighted by atomic mass is 16.8. The Labute approximate surface area is 400 Å². The molecule has 0 aromatic carbocycles. The number of carboxylic acids is 1. The first-order valence-electron chi connectivity index (χ1n) is 24.9. The van der Waals surface area contributed by atoms with Gasteiger partial charge >= 0.3 is 5.97 Å². The lowest BCUT2D eigenvalue weighted by Crippen LogP contribution is -2.68. The van der Waals surface area contributed by atoms with Gasteiger partial charge in [-0.05, 0) is 104 Å². The summed E-state index contributed by atoms with van der Waals surface area (Å²) in [4.78, 5) is 14.0. The molecule has 3 aliphatic heterocycles. The van der Waals surface area contributed by atoms with E-state index in [1.807, 2.05) is 0 Å². The van der Waals surface area contributed by atoms with Crippen LogP contribution >= 0.6 is 0 Å². The van der Waals surface area contributed by atoms with Crippen LogP contribution in [0.4, 0.5) is 0 Å². The Balaban J connectivity index is 1.18. The molecular weight excluding hydrogens is 889 g/mol. The monoisotopic (exact) mass is 971 g/mol. The molecule has 22 atom stereocenters. The van der Waals surface area contributed by atoms with Gasteiger partial charge < -0.3 is 84.6 Å². The highest BCUT2D eigenvalue weighted by molar-refractivity contribution is 5.82. The molecule has 7 rings (SSSR count). The van der Waals surface area contributed by atoms with Crippen LogP contribution in [0.1, 0.15) is 120 Å². The molecule has 2 saturated carbocycles. The van der Waals surface area contributed by atoms with Crippen LogP contribution in [0.5, 0.6) is 0 Å². The second kappa shape index (κ2) is 20.0. The number of carboxylic acid groups (broad SMARTS) is 1. The fraction of sp³-hybridized carbons (Fsp3) is 0.900. The van der Waals surface area contributed by atoms with E-state index < -0.39 is 140 Å². The fourth-order valence-electron chi connectivity index (χ4n) is 14.2. The van der Waals surface area contributed by atoms with Crippen molar-refractivity contribution in [3.05, 3.63) is 23.3 Å². The quantitative estimate of drug-likeness (QED) is 0.110. The van der Waals surface area contributed by atoms with Crippen LogP contribution in [0.15, 0.2) is 23.3 Å². The zero-order valence-corrected chi connectivity index (χ0v) is 41.1. The minimum atomic E-state index is -1.92. The van der Waals surface area contributed by atoms with Gasteiger partial charge in [-0.1, -0.05) is 78.7 Å². The molecule has 3 heterocycles. The summed E-state index contributed by atoms with van der Waals surface area (Å²) < 4.78 is 36.9. The molecule has 3 saturated heterocycles. The Morgan fingerprint density at radius 2 is 1.21 bits per heavy atom. The van der Waals surface area contributed by atoms with E-state index in [-0.39, 0.29) is 22.7 Å². The van der Waals surface area contributed by atoms with Crippen molar-refractivity contribution >= 4 is 5.97 Å². The molecule has 4 aliphatic carbocycles. The second-order valence-corrected chi connectivity index (χ2v) is 23.4. The Morgan fingerprint density at radius 3 is 1.74 bits per heavy atom. The van der Waals surface area contributed by atoms with Crippen LogP contribution in [0.25, 0.3) is 0 Å². The highest BCUT2D eigenvalue weighted by Gasteiger charge is 2.69. The first-order chi connectivity index (χ1) is 31.7. The van der Waals surface area contributed by atoms with Crippen molar-refractivity contribution in [2.24, 2.45) is 44.8 Å². The summed E-state index contributed by atoms with van der Waals surface area (Å²) in [5.74, 6) is -0.170. The molecule has 0 spiro atoms. The van der Waals surface area contributed by atoms with Crippen LogP contribution in [0.3, 0.4) is 0 Å². The van der Waals surface area contributed by atoms with Gasteiger partial charge in [0.25, 0.3) is 0 Å². The number of fused-ring (bicyclic) bond motifs is 4. The van der Waals surface area contributed by atoms with E-state index in [4.69, 9.17) is 28.4 Å². The van der Waals surface area contributed by atoms with E-state index in [0.717, 1.165) is 37.7 Å². The molecule has 390 valence electrons. The summed E-state index contributed by atoms with van der Waals surface area (Å²) >= 11 is 0. The topological polar surface area (TPSA) is 295 Å². The first kappa shape index (κ1) is 54.1. The van der Waals surface area contributed by atoms with Crippen molar-refractivity contribution in [2.75, 3.05) is 19.8 Å². The van der Waals surface area contributed by atoms with Crippen molar-refractivity contribution in [2.45, 2.75) is 218 Å². The molecule has 7 aliphatic rings. The Morgan fingerprint density at radius 1 is 0.676 bits per heavy atom. The largest absolute Gasteiger partial charge is 0.481 e. The summed E-state index contributed by atoms with van der Waals surface area (Å²) in [6.45, 7) is 19.6. The van der Waals surface area contributed by atoms with E-state index in [2.05, 4.69) is 62.0 Å². The molecule has 68 heavy (non-hydrogen) atoms. The average Bonchev–Trinajstić information content (AvgIpc) is 3.62. The predicted molar refractivity (Wildman–Crippen MR) is 242 cm³/mol. The average molecular weight is 971 g/mol. The Hall–Kier alpha value is -1.69. The Bertz CT molecular complexity index is 1830. The summed E-state index contributed by atoms with van der Waals surface area (Å²) in [5.41, 5.74) is 1.14. The molecule has 0 aromatic heterocycles. The normalized spacial score (nSPS) is 47.7. The lowest BCUT2D eigenvalue weighted by atomic mass is 9.43. The summed E-state index contributed by atoms with van der Waals surface area (Å²) in [7, 11) is 0. The SMILES string of the molecule is C=C(CC[C@@H](C)[C@H]1CC[C@@]2(C(=O)O)C3=C(CC[C@]12C)[C@@]1(C)CC[C@H](OC2OC(CO)C(O)C(OC4OC(CO)C(O)C(O)C4O)C2OC2OC(CO)C(O)C(O)C2O)C(C)(C)C1CC3)C(C)(C)C. The minimum absolute atomic E-state index is 0.00367. The number of rotatable bonds is 14. The number of ether oxygens (including phenoxy) is 6. The van der Waals surface area contributed by atoms with Crippen molar-refractivity contribution in [3.8, 4) is 0 Å². The third kappa shape index (κ3) is 8.99. The number of aliphatic hydroxyl groups excluding tert-OH is 10. The number of aliphatic hydroxyl groups is 10. The van der Waals surface area contributed by atoms with Gasteiger partial charge in [0.2, 0.25) is 0 Å². The summed E-state index contributed by atoms with van der Waals surface area (Å²) in [6.07, 6.45) is -18.7. The van der Waals surface area contributed by atoms with Crippen LogP contribution in [0.2, 0.25) is 0 Å². The van der Waals surface area contributed by atoms with Gasteiger partial charge in [-0.2, -0.15) is 0 Å². The second-order valence-electron chi connectivity index (χ2n) is 23.4. The van der Waals surface area contributed by atoms with Gasteiger partial charge in [0, 0.05) is 0 Å². The van der Waals surface area contributed by atoms with Gasteiger partial charge in [-0.3, -0.25) is 4.79 Å². The van der Waals surface area contributed by atoms with E-state index in [1.165, 1.54) is 11.1 Å². The van der Waals surface area contributed by atoms with Gasteiger partial charge in [-0.25, -0.2) is 0 Å². The minimum Gasteiger partial charge on any atom is -0.481 e. The van der Waals surface area contributed by atoms with Gasteiger partial charge in [0.15, 0.2) is 18.9 Å². The fourth-order valence-corrected chi connectivity index (χ4v) is 14.2. The molecule has 0 bridgehead atoms. The van der Waals surface area contributed by atoms with E-state index >= 15 is 0 Å². The van der Waals surface area contributed by atoms with E-state index in [9.17, 15) is 61.0 Å². The first-order valence-corrected chi connectivity index (χ1v) is 24.9. The molecule has 11 N–H and O–H groups in total.